The molecule has 35 heavy (non-hydrogen) atoms. The number of benzene rings is 2. The molecule has 2 aromatic carbocycles. The number of amidine groups is 1. The van der Waals surface area contributed by atoms with Gasteiger partial charge in [-0.3, -0.25) is 9.79 Å². The van der Waals surface area contributed by atoms with E-state index in [9.17, 15) is 14.7 Å². The number of hydrogen-bond acceptors (Lipinski definition) is 8. The number of alkyl carbamates (subject to hydrolysis) is 1. The highest BCUT2D eigenvalue weighted by atomic mass is 16.6. The van der Waals surface area contributed by atoms with E-state index in [-0.39, 0.29) is 24.7 Å². The summed E-state index contributed by atoms with van der Waals surface area (Å²) in [5.41, 5.74) is 2.32. The first-order valence-corrected chi connectivity index (χ1v) is 11.4. The van der Waals surface area contributed by atoms with Gasteiger partial charge in [-0.25, -0.2) is 4.79 Å². The number of aryl methyl sites for hydroxylation is 1. The first-order valence-electron chi connectivity index (χ1n) is 11.4. The Morgan fingerprint density at radius 1 is 1.06 bits per heavy atom. The number of rotatable bonds is 6. The highest BCUT2D eigenvalue weighted by Gasteiger charge is 2.16. The van der Waals surface area contributed by atoms with Crippen molar-refractivity contribution in [3.8, 4) is 5.75 Å². The van der Waals surface area contributed by atoms with Crippen LogP contribution in [0.5, 0.6) is 5.75 Å². The van der Waals surface area contributed by atoms with Crippen LogP contribution in [0.25, 0.3) is 0 Å². The first kappa shape index (κ1) is 25.5. The number of anilines is 2. The van der Waals surface area contributed by atoms with Crippen LogP contribution < -0.4 is 21.3 Å². The summed E-state index contributed by atoms with van der Waals surface area (Å²) >= 11 is 0. The molecule has 0 fully saturated rings. The van der Waals surface area contributed by atoms with Crippen LogP contribution >= 0.6 is 0 Å². The van der Waals surface area contributed by atoms with Gasteiger partial charge in [-0.2, -0.15) is 4.99 Å². The number of amides is 2. The van der Waals surface area contributed by atoms with E-state index >= 15 is 0 Å². The van der Waals surface area contributed by atoms with E-state index < -0.39 is 11.7 Å². The zero-order valence-electron chi connectivity index (χ0n) is 20.4. The van der Waals surface area contributed by atoms with Gasteiger partial charge in [0.05, 0.1) is 0 Å². The molecule has 0 atom stereocenters. The van der Waals surface area contributed by atoms with Gasteiger partial charge in [0, 0.05) is 49.1 Å². The Morgan fingerprint density at radius 2 is 1.83 bits per heavy atom. The Morgan fingerprint density at radius 3 is 2.60 bits per heavy atom. The van der Waals surface area contributed by atoms with E-state index in [4.69, 9.17) is 4.74 Å². The molecule has 0 unspecified atom stereocenters. The average molecular weight is 481 g/mol. The Kier molecular flexibility index (Phi) is 8.30. The minimum atomic E-state index is -0.576. The molecule has 1 aliphatic rings. The maximum Gasteiger partial charge on any atom is 0.407 e. The van der Waals surface area contributed by atoms with Crippen LogP contribution in [0.1, 0.15) is 43.1 Å². The van der Waals surface area contributed by atoms with Crippen LogP contribution in [0.2, 0.25) is 0 Å². The predicted octanol–water partition coefficient (Wildman–Crippen LogP) is 3.64. The molecule has 10 nitrogen and oxygen atoms in total. The third kappa shape index (κ3) is 8.33. The SMILES string of the molecule is Cc1ccc(O)cc1NC1=NC(Nc2cccc(C(=O)NCCNC(=O)OC(C)(C)C)c2)=NCC1. The van der Waals surface area contributed by atoms with Crippen molar-refractivity contribution in [2.75, 3.05) is 30.3 Å². The zero-order valence-corrected chi connectivity index (χ0v) is 20.4. The van der Waals surface area contributed by atoms with E-state index in [1.54, 1.807) is 51.1 Å². The number of nitrogens with zero attached hydrogens (tertiary/aromatic N) is 2. The van der Waals surface area contributed by atoms with Crippen LogP contribution in [0, 0.1) is 6.92 Å². The lowest BCUT2D eigenvalue weighted by Crippen LogP contribution is -2.37. The number of hydrogen-bond donors (Lipinski definition) is 5. The summed E-state index contributed by atoms with van der Waals surface area (Å²) < 4.78 is 5.16. The van der Waals surface area contributed by atoms with Crippen molar-refractivity contribution in [3.05, 3.63) is 53.6 Å². The van der Waals surface area contributed by atoms with Gasteiger partial charge in [-0.15, -0.1) is 0 Å². The molecule has 2 aromatic rings. The van der Waals surface area contributed by atoms with Crippen molar-refractivity contribution in [1.29, 1.82) is 0 Å². The molecule has 3 rings (SSSR count). The van der Waals surface area contributed by atoms with Crippen LogP contribution in [-0.4, -0.2) is 54.1 Å². The van der Waals surface area contributed by atoms with Gasteiger partial charge in [-0.05, 0) is 57.5 Å². The fourth-order valence-electron chi connectivity index (χ4n) is 3.17. The highest BCUT2D eigenvalue weighted by Crippen LogP contribution is 2.21. The van der Waals surface area contributed by atoms with Gasteiger partial charge in [-0.1, -0.05) is 12.1 Å². The van der Waals surface area contributed by atoms with E-state index in [1.165, 1.54) is 0 Å². The molecular weight excluding hydrogens is 448 g/mol. The third-order valence-electron chi connectivity index (χ3n) is 4.81. The lowest BCUT2D eigenvalue weighted by molar-refractivity contribution is 0.0526. The molecule has 0 saturated carbocycles. The van der Waals surface area contributed by atoms with E-state index in [0.717, 1.165) is 17.1 Å². The summed E-state index contributed by atoms with van der Waals surface area (Å²) in [7, 11) is 0. The normalized spacial score (nSPS) is 13.3. The summed E-state index contributed by atoms with van der Waals surface area (Å²) in [5.74, 6) is 1.06. The highest BCUT2D eigenvalue weighted by molar-refractivity contribution is 6.09. The number of aliphatic imine (C=N–C) groups is 2. The minimum absolute atomic E-state index is 0.178. The quantitative estimate of drug-likeness (QED) is 0.401. The van der Waals surface area contributed by atoms with Crippen molar-refractivity contribution in [3.63, 3.8) is 0 Å². The molecule has 2 amide bonds. The van der Waals surface area contributed by atoms with Gasteiger partial charge in [0.2, 0.25) is 5.96 Å². The molecule has 0 bridgehead atoms. The maximum atomic E-state index is 12.5. The second kappa shape index (κ2) is 11.4. The first-order chi connectivity index (χ1) is 16.6. The molecule has 186 valence electrons. The molecule has 0 spiro atoms. The monoisotopic (exact) mass is 480 g/mol. The molecule has 0 aromatic heterocycles. The van der Waals surface area contributed by atoms with Crippen molar-refractivity contribution in [2.45, 2.75) is 39.7 Å². The Balaban J connectivity index is 1.54. The number of nitrogens with one attached hydrogen (secondary N) is 4. The fraction of sp³-hybridized carbons (Fsp3) is 0.360. The maximum absolute atomic E-state index is 12.5. The number of aromatic hydroxyl groups is 1. The molecule has 10 heteroatoms. The second-order valence-corrected chi connectivity index (χ2v) is 9.03. The predicted molar refractivity (Wildman–Crippen MR) is 137 cm³/mol. The van der Waals surface area contributed by atoms with Crippen LogP contribution in [0.15, 0.2) is 52.4 Å². The number of phenols is 1. The van der Waals surface area contributed by atoms with Crippen molar-refractivity contribution in [2.24, 2.45) is 9.98 Å². The molecular formula is C25H32N6O4. The van der Waals surface area contributed by atoms with E-state index in [1.807, 2.05) is 19.1 Å². The summed E-state index contributed by atoms with van der Waals surface area (Å²) in [6.07, 6.45) is 0.111. The average Bonchev–Trinajstić information content (AvgIpc) is 2.78. The van der Waals surface area contributed by atoms with E-state index in [0.29, 0.717) is 30.2 Å². The molecule has 1 aliphatic heterocycles. The molecule has 0 saturated heterocycles. The van der Waals surface area contributed by atoms with Crippen molar-refractivity contribution in [1.82, 2.24) is 10.6 Å². The zero-order chi connectivity index (χ0) is 25.4. The fourth-order valence-corrected chi connectivity index (χ4v) is 3.17. The second-order valence-electron chi connectivity index (χ2n) is 9.03. The Hall–Kier alpha value is -4.08. The third-order valence-corrected chi connectivity index (χ3v) is 4.81. The standard InChI is InChI=1S/C25H32N6O4/c1-16-8-9-19(32)15-20(16)30-21-10-11-27-23(31-21)29-18-7-5-6-17(14-18)22(33)26-12-13-28-24(34)35-25(2,3)4/h5-9,14-15,32H,10-13H2,1-4H3,(H,26,33)(H,28,34)(H2,27,29,30,31). The number of ether oxygens (including phenoxy) is 1. The van der Waals surface area contributed by atoms with Crippen molar-refractivity contribution >= 4 is 35.2 Å². The van der Waals surface area contributed by atoms with E-state index in [2.05, 4.69) is 31.3 Å². The number of phenolic OH excluding ortho intramolecular Hbond substituents is 1. The van der Waals surface area contributed by atoms with Gasteiger partial charge < -0.3 is 31.1 Å². The lowest BCUT2D eigenvalue weighted by atomic mass is 10.2. The summed E-state index contributed by atoms with van der Waals surface area (Å²) in [6.45, 7) is 8.36. The van der Waals surface area contributed by atoms with Crippen LogP contribution in [-0.2, 0) is 4.74 Å². The van der Waals surface area contributed by atoms with Crippen LogP contribution in [0.3, 0.4) is 0 Å². The summed E-state index contributed by atoms with van der Waals surface area (Å²) in [4.78, 5) is 33.1. The summed E-state index contributed by atoms with van der Waals surface area (Å²) in [5, 5.41) is 21.5. The van der Waals surface area contributed by atoms with Crippen LogP contribution in [0.4, 0.5) is 16.2 Å². The van der Waals surface area contributed by atoms with Gasteiger partial charge >= 0.3 is 6.09 Å². The molecule has 0 radical (unpaired) electrons. The molecule has 5 N–H and O–H groups in total. The van der Waals surface area contributed by atoms with Gasteiger partial charge in [0.15, 0.2) is 0 Å². The Bertz CT molecular complexity index is 1140. The lowest BCUT2D eigenvalue weighted by Gasteiger charge is -2.19. The van der Waals surface area contributed by atoms with Gasteiger partial charge in [0.25, 0.3) is 5.91 Å². The minimum Gasteiger partial charge on any atom is -0.508 e. The summed E-state index contributed by atoms with van der Waals surface area (Å²) in [6, 6.07) is 12.1. The number of guanidine groups is 1. The smallest absolute Gasteiger partial charge is 0.407 e. The molecule has 1 heterocycles. The molecule has 0 aliphatic carbocycles. The topological polar surface area (TPSA) is 136 Å². The number of carbonyl (C=O) groups excluding carboxylic acids is 2. The van der Waals surface area contributed by atoms with Crippen molar-refractivity contribution < 1.29 is 19.4 Å². The Labute approximate surface area is 204 Å². The van der Waals surface area contributed by atoms with Gasteiger partial charge in [0.1, 0.15) is 17.2 Å². The number of carbonyl (C=O) groups is 2. The largest absolute Gasteiger partial charge is 0.508 e.